The lowest BCUT2D eigenvalue weighted by molar-refractivity contribution is 0.209. The number of amides is 2. The van der Waals surface area contributed by atoms with Gasteiger partial charge < -0.3 is 20.7 Å². The van der Waals surface area contributed by atoms with Crippen LogP contribution in [0.2, 0.25) is 5.02 Å². The first-order valence-corrected chi connectivity index (χ1v) is 10.7. The van der Waals surface area contributed by atoms with Crippen molar-refractivity contribution in [3.05, 3.63) is 82.9 Å². The number of carbonyl (C=O) groups is 1. The van der Waals surface area contributed by atoms with Gasteiger partial charge in [-0.25, -0.2) is 4.79 Å². The van der Waals surface area contributed by atoms with Crippen LogP contribution in [0.3, 0.4) is 0 Å². The number of halogens is 1. The predicted octanol–water partition coefficient (Wildman–Crippen LogP) is 5.17. The molecular weight excluding hydrogens is 410 g/mol. The maximum absolute atomic E-state index is 11.0. The minimum absolute atomic E-state index is 0.194. The minimum atomic E-state index is -0.567. The molecule has 3 N–H and O–H groups in total. The zero-order valence-electron chi connectivity index (χ0n) is 17.5. The normalized spacial score (nSPS) is 16.3. The fourth-order valence-electron chi connectivity index (χ4n) is 3.93. The summed E-state index contributed by atoms with van der Waals surface area (Å²) in [6, 6.07) is 21.3. The summed E-state index contributed by atoms with van der Waals surface area (Å²) < 4.78 is 6.39. The number of anilines is 1. The molecule has 0 spiro atoms. The number of nitrogens with zero attached hydrogens (tertiary/aromatic N) is 1. The Balaban J connectivity index is 1.60. The van der Waals surface area contributed by atoms with Crippen molar-refractivity contribution in [1.82, 2.24) is 4.90 Å². The SMILES string of the molecule is CN1CCC(Oc2ccc(Cc3ccc(NC(N)=O)cc3)cc2-c2cccc(Cl)c2)C1. The van der Waals surface area contributed by atoms with E-state index in [-0.39, 0.29) is 6.10 Å². The highest BCUT2D eigenvalue weighted by molar-refractivity contribution is 6.30. The van der Waals surface area contributed by atoms with Crippen LogP contribution < -0.4 is 15.8 Å². The summed E-state index contributed by atoms with van der Waals surface area (Å²) in [6.07, 6.45) is 1.98. The van der Waals surface area contributed by atoms with E-state index in [9.17, 15) is 4.79 Å². The van der Waals surface area contributed by atoms with Gasteiger partial charge in [-0.3, -0.25) is 0 Å². The third kappa shape index (κ3) is 5.57. The van der Waals surface area contributed by atoms with Crippen molar-refractivity contribution in [2.45, 2.75) is 18.9 Å². The van der Waals surface area contributed by atoms with E-state index >= 15 is 0 Å². The van der Waals surface area contributed by atoms with Crippen LogP contribution in [0.5, 0.6) is 5.75 Å². The quantitative estimate of drug-likeness (QED) is 0.561. The summed E-state index contributed by atoms with van der Waals surface area (Å²) in [4.78, 5) is 13.3. The first kappa shape index (κ1) is 21.2. The van der Waals surface area contributed by atoms with E-state index < -0.39 is 6.03 Å². The number of nitrogens with one attached hydrogen (secondary N) is 1. The fraction of sp³-hybridized carbons (Fsp3) is 0.240. The van der Waals surface area contributed by atoms with Gasteiger partial charge in [0.2, 0.25) is 0 Å². The highest BCUT2D eigenvalue weighted by Crippen LogP contribution is 2.34. The number of rotatable bonds is 6. The van der Waals surface area contributed by atoms with Crippen LogP contribution in [-0.4, -0.2) is 37.2 Å². The summed E-state index contributed by atoms with van der Waals surface area (Å²) >= 11 is 6.27. The van der Waals surface area contributed by atoms with Crippen molar-refractivity contribution in [3.8, 4) is 16.9 Å². The fourth-order valence-corrected chi connectivity index (χ4v) is 4.12. The summed E-state index contributed by atoms with van der Waals surface area (Å²) in [5.74, 6) is 0.882. The molecule has 1 saturated heterocycles. The maximum atomic E-state index is 11.0. The van der Waals surface area contributed by atoms with E-state index in [2.05, 4.69) is 41.5 Å². The van der Waals surface area contributed by atoms with Crippen molar-refractivity contribution in [3.63, 3.8) is 0 Å². The van der Waals surface area contributed by atoms with Crippen LogP contribution in [0.15, 0.2) is 66.7 Å². The van der Waals surface area contributed by atoms with Crippen LogP contribution in [0.1, 0.15) is 17.5 Å². The molecule has 0 saturated carbocycles. The van der Waals surface area contributed by atoms with Crippen molar-refractivity contribution in [1.29, 1.82) is 0 Å². The summed E-state index contributed by atoms with van der Waals surface area (Å²) in [5.41, 5.74) is 10.2. The molecule has 3 aromatic carbocycles. The molecule has 1 aliphatic rings. The molecule has 2 amide bonds. The van der Waals surface area contributed by atoms with Crippen LogP contribution in [0.25, 0.3) is 11.1 Å². The van der Waals surface area contributed by atoms with Crippen LogP contribution in [0, 0.1) is 0 Å². The van der Waals surface area contributed by atoms with Gasteiger partial charge in [0.15, 0.2) is 0 Å². The third-order valence-corrected chi connectivity index (χ3v) is 5.69. The average Bonchev–Trinajstić information content (AvgIpc) is 3.15. The smallest absolute Gasteiger partial charge is 0.316 e. The Morgan fingerprint density at radius 3 is 2.58 bits per heavy atom. The van der Waals surface area contributed by atoms with Crippen LogP contribution >= 0.6 is 11.6 Å². The standard InChI is InChI=1S/C25H26ClN3O2/c1-29-12-11-22(16-29)31-24-10-7-18(14-23(24)19-3-2-4-20(26)15-19)13-17-5-8-21(9-6-17)28-25(27)30/h2-10,14-15,22H,11-13,16H2,1H3,(H3,27,28,30). The highest BCUT2D eigenvalue weighted by atomic mass is 35.5. The monoisotopic (exact) mass is 435 g/mol. The predicted molar refractivity (Wildman–Crippen MR) is 126 cm³/mol. The molecule has 6 heteroatoms. The van der Waals surface area contributed by atoms with Crippen molar-refractivity contribution in [2.75, 3.05) is 25.5 Å². The highest BCUT2D eigenvalue weighted by Gasteiger charge is 2.22. The summed E-state index contributed by atoms with van der Waals surface area (Å²) in [6.45, 7) is 1.98. The molecule has 4 rings (SSSR count). The molecule has 31 heavy (non-hydrogen) atoms. The zero-order chi connectivity index (χ0) is 21.8. The zero-order valence-corrected chi connectivity index (χ0v) is 18.2. The van der Waals surface area contributed by atoms with Gasteiger partial charge in [-0.15, -0.1) is 0 Å². The Bertz CT molecular complexity index is 1070. The third-order valence-electron chi connectivity index (χ3n) is 5.45. The molecule has 1 heterocycles. The van der Waals surface area contributed by atoms with Crippen LogP contribution in [0.4, 0.5) is 10.5 Å². The largest absolute Gasteiger partial charge is 0.488 e. The van der Waals surface area contributed by atoms with Gasteiger partial charge in [0.05, 0.1) is 0 Å². The number of hydrogen-bond acceptors (Lipinski definition) is 3. The number of hydrogen-bond donors (Lipinski definition) is 2. The molecule has 1 unspecified atom stereocenters. The van der Waals surface area contributed by atoms with Crippen molar-refractivity contribution in [2.24, 2.45) is 5.73 Å². The molecule has 0 bridgehead atoms. The van der Waals surface area contributed by atoms with E-state index in [1.165, 1.54) is 5.56 Å². The van der Waals surface area contributed by atoms with Gasteiger partial charge in [-0.1, -0.05) is 41.9 Å². The molecule has 3 aromatic rings. The average molecular weight is 436 g/mol. The molecule has 160 valence electrons. The Kier molecular flexibility index (Phi) is 6.44. The Labute approximate surface area is 187 Å². The number of nitrogens with two attached hydrogens (primary N) is 1. The molecule has 0 aromatic heterocycles. The van der Waals surface area contributed by atoms with E-state index in [1.807, 2.05) is 42.5 Å². The summed E-state index contributed by atoms with van der Waals surface area (Å²) in [7, 11) is 2.12. The first-order valence-electron chi connectivity index (χ1n) is 10.4. The Hall–Kier alpha value is -3.02. The number of likely N-dealkylation sites (N-methyl/N-ethyl adjacent to an activating group) is 1. The number of primary amides is 1. The van der Waals surface area contributed by atoms with Gasteiger partial charge >= 0.3 is 6.03 Å². The molecule has 1 fully saturated rings. The summed E-state index contributed by atoms with van der Waals surface area (Å²) in [5, 5.41) is 3.28. The van der Waals surface area contributed by atoms with Crippen molar-refractivity contribution >= 4 is 23.3 Å². The number of ether oxygens (including phenoxy) is 1. The molecule has 1 aliphatic heterocycles. The van der Waals surface area contributed by atoms with Gasteiger partial charge in [-0.2, -0.15) is 0 Å². The van der Waals surface area contributed by atoms with E-state index in [4.69, 9.17) is 22.1 Å². The number of likely N-dealkylation sites (tertiary alicyclic amines) is 1. The van der Waals surface area contributed by atoms with Gasteiger partial charge in [0.25, 0.3) is 0 Å². The number of benzene rings is 3. The minimum Gasteiger partial charge on any atom is -0.488 e. The number of urea groups is 1. The first-order chi connectivity index (χ1) is 15.0. The Morgan fingerprint density at radius 2 is 1.90 bits per heavy atom. The van der Waals surface area contributed by atoms with E-state index in [0.717, 1.165) is 48.4 Å². The second-order valence-electron chi connectivity index (χ2n) is 7.99. The molecule has 0 radical (unpaired) electrons. The van der Waals surface area contributed by atoms with E-state index in [0.29, 0.717) is 10.7 Å². The van der Waals surface area contributed by atoms with Gasteiger partial charge in [0.1, 0.15) is 11.9 Å². The lowest BCUT2D eigenvalue weighted by Crippen LogP contribution is -2.21. The second-order valence-corrected chi connectivity index (χ2v) is 8.43. The van der Waals surface area contributed by atoms with Gasteiger partial charge in [0, 0.05) is 29.4 Å². The van der Waals surface area contributed by atoms with Crippen LogP contribution in [-0.2, 0) is 6.42 Å². The van der Waals surface area contributed by atoms with Crippen molar-refractivity contribution < 1.29 is 9.53 Å². The lowest BCUT2D eigenvalue weighted by atomic mass is 9.98. The molecule has 0 aliphatic carbocycles. The second kappa shape index (κ2) is 9.41. The number of carbonyl (C=O) groups excluding carboxylic acids is 1. The Morgan fingerprint density at radius 1 is 1.13 bits per heavy atom. The maximum Gasteiger partial charge on any atom is 0.316 e. The van der Waals surface area contributed by atoms with Gasteiger partial charge in [-0.05, 0) is 73.0 Å². The molecular formula is C25H26ClN3O2. The van der Waals surface area contributed by atoms with E-state index in [1.54, 1.807) is 0 Å². The molecule has 1 atom stereocenters. The topological polar surface area (TPSA) is 67.6 Å². The lowest BCUT2D eigenvalue weighted by Gasteiger charge is -2.18. The molecule has 5 nitrogen and oxygen atoms in total.